The minimum atomic E-state index is -3.12. The first-order chi connectivity index (χ1) is 8.53. The van der Waals surface area contributed by atoms with Crippen molar-refractivity contribution in [3.05, 3.63) is 20.8 Å². The smallest absolute Gasteiger partial charge is 0.211 e. The van der Waals surface area contributed by atoms with E-state index in [1.807, 2.05) is 19.1 Å². The summed E-state index contributed by atoms with van der Waals surface area (Å²) < 4.78 is 27.0. The van der Waals surface area contributed by atoms with Gasteiger partial charge in [-0.05, 0) is 54.0 Å². The van der Waals surface area contributed by atoms with Gasteiger partial charge in [-0.3, -0.25) is 0 Å². The second-order valence-corrected chi connectivity index (χ2v) is 8.35. The molecule has 0 aliphatic heterocycles. The van der Waals surface area contributed by atoms with Gasteiger partial charge in [-0.2, -0.15) is 0 Å². The lowest BCUT2D eigenvalue weighted by molar-refractivity contribution is 0.576. The number of thiophene rings is 1. The van der Waals surface area contributed by atoms with Crippen molar-refractivity contribution in [2.24, 2.45) is 0 Å². The molecule has 0 bridgehead atoms. The van der Waals surface area contributed by atoms with Crippen molar-refractivity contribution in [1.82, 2.24) is 10.0 Å². The normalized spacial score (nSPS) is 11.9. The summed E-state index contributed by atoms with van der Waals surface area (Å²) in [6.45, 7) is 4.10. The number of nitrogens with one attached hydrogen (secondary N) is 2. The summed E-state index contributed by atoms with van der Waals surface area (Å²) in [5.74, 6) is 0.189. The molecule has 0 aromatic carbocycles. The number of sulfonamides is 1. The van der Waals surface area contributed by atoms with Crippen molar-refractivity contribution in [3.8, 4) is 0 Å². The third-order valence-corrected chi connectivity index (χ3v) is 5.49. The molecule has 1 aromatic rings. The predicted molar refractivity (Wildman–Crippen MR) is 80.7 cm³/mol. The van der Waals surface area contributed by atoms with E-state index in [9.17, 15) is 8.42 Å². The van der Waals surface area contributed by atoms with Crippen LogP contribution in [-0.2, 0) is 16.4 Å². The summed E-state index contributed by atoms with van der Waals surface area (Å²) >= 11 is 5.02. The van der Waals surface area contributed by atoms with Crippen LogP contribution in [0.3, 0.4) is 0 Å². The summed E-state index contributed by atoms with van der Waals surface area (Å²) in [7, 11) is -3.12. The Labute approximate surface area is 121 Å². The Kier molecular flexibility index (Phi) is 7.40. The van der Waals surface area contributed by atoms with Crippen molar-refractivity contribution in [2.75, 3.05) is 25.4 Å². The molecule has 18 heavy (non-hydrogen) atoms. The molecular weight excluding hydrogens is 336 g/mol. The highest BCUT2D eigenvalue weighted by molar-refractivity contribution is 9.11. The van der Waals surface area contributed by atoms with Gasteiger partial charge in [-0.1, -0.05) is 6.92 Å². The van der Waals surface area contributed by atoms with Crippen LogP contribution < -0.4 is 10.0 Å². The maximum Gasteiger partial charge on any atom is 0.211 e. The van der Waals surface area contributed by atoms with E-state index in [0.29, 0.717) is 13.0 Å². The van der Waals surface area contributed by atoms with Crippen LogP contribution in [-0.4, -0.2) is 33.8 Å². The predicted octanol–water partition coefficient (Wildman–Crippen LogP) is 1.97. The number of hydrogen-bond acceptors (Lipinski definition) is 4. The standard InChI is InChI=1S/C11H19BrN2O2S2/c1-2-13-7-3-9-18(15,16)14-8-6-10-4-5-11(12)17-10/h4-5,13-14H,2-3,6-9H2,1H3. The zero-order valence-electron chi connectivity index (χ0n) is 10.4. The highest BCUT2D eigenvalue weighted by Crippen LogP contribution is 2.22. The molecular formula is C11H19BrN2O2S2. The van der Waals surface area contributed by atoms with Gasteiger partial charge >= 0.3 is 0 Å². The van der Waals surface area contributed by atoms with Gasteiger partial charge < -0.3 is 5.32 Å². The summed E-state index contributed by atoms with van der Waals surface area (Å²) in [6, 6.07) is 3.99. The van der Waals surface area contributed by atoms with Gasteiger partial charge in [0.25, 0.3) is 0 Å². The highest BCUT2D eigenvalue weighted by Gasteiger charge is 2.09. The molecule has 0 fully saturated rings. The van der Waals surface area contributed by atoms with Gasteiger partial charge in [0.1, 0.15) is 0 Å². The van der Waals surface area contributed by atoms with Gasteiger partial charge in [-0.15, -0.1) is 11.3 Å². The summed E-state index contributed by atoms with van der Waals surface area (Å²) in [4.78, 5) is 1.18. The lowest BCUT2D eigenvalue weighted by Gasteiger charge is -2.06. The van der Waals surface area contributed by atoms with Gasteiger partial charge in [0.15, 0.2) is 0 Å². The van der Waals surface area contributed by atoms with E-state index in [4.69, 9.17) is 0 Å². The van der Waals surface area contributed by atoms with Gasteiger partial charge in [0.05, 0.1) is 9.54 Å². The Balaban J connectivity index is 2.20. The Hall–Kier alpha value is 0.0500. The molecule has 0 spiro atoms. The quantitative estimate of drug-likeness (QED) is 0.666. The molecule has 4 nitrogen and oxygen atoms in total. The molecule has 7 heteroatoms. The van der Waals surface area contributed by atoms with E-state index >= 15 is 0 Å². The van der Waals surface area contributed by atoms with Crippen LogP contribution in [0.5, 0.6) is 0 Å². The van der Waals surface area contributed by atoms with Crippen LogP contribution in [0, 0.1) is 0 Å². The fourth-order valence-electron chi connectivity index (χ4n) is 1.45. The molecule has 0 saturated carbocycles. The first-order valence-corrected chi connectivity index (χ1v) is 9.22. The molecule has 1 rings (SSSR count). The van der Waals surface area contributed by atoms with E-state index in [2.05, 4.69) is 26.0 Å². The first kappa shape index (κ1) is 16.1. The number of halogens is 1. The zero-order chi connectivity index (χ0) is 13.4. The first-order valence-electron chi connectivity index (χ1n) is 5.96. The van der Waals surface area contributed by atoms with Crippen LogP contribution in [0.4, 0.5) is 0 Å². The third kappa shape index (κ3) is 6.84. The minimum absolute atomic E-state index is 0.189. The summed E-state index contributed by atoms with van der Waals surface area (Å²) in [6.07, 6.45) is 1.39. The Morgan fingerprint density at radius 2 is 2.11 bits per heavy atom. The molecule has 0 aliphatic carbocycles. The Morgan fingerprint density at radius 1 is 1.33 bits per heavy atom. The van der Waals surface area contributed by atoms with E-state index in [0.717, 1.165) is 23.3 Å². The molecule has 1 aromatic heterocycles. The zero-order valence-corrected chi connectivity index (χ0v) is 13.6. The van der Waals surface area contributed by atoms with E-state index < -0.39 is 10.0 Å². The SMILES string of the molecule is CCNCCCS(=O)(=O)NCCc1ccc(Br)s1. The second-order valence-electron chi connectivity index (χ2n) is 3.88. The van der Waals surface area contributed by atoms with E-state index in [1.165, 1.54) is 4.88 Å². The lowest BCUT2D eigenvalue weighted by atomic mass is 10.3. The molecule has 0 unspecified atom stereocenters. The fourth-order valence-corrected chi connectivity index (χ4v) is 4.02. The number of hydrogen-bond donors (Lipinski definition) is 2. The van der Waals surface area contributed by atoms with Crippen molar-refractivity contribution in [3.63, 3.8) is 0 Å². The van der Waals surface area contributed by atoms with Gasteiger partial charge in [-0.25, -0.2) is 13.1 Å². The third-order valence-electron chi connectivity index (χ3n) is 2.34. The van der Waals surface area contributed by atoms with Crippen LogP contribution in [0.2, 0.25) is 0 Å². The molecule has 104 valence electrons. The summed E-state index contributed by atoms with van der Waals surface area (Å²) in [5, 5.41) is 3.11. The molecule has 0 saturated heterocycles. The molecule has 0 aliphatic rings. The molecule has 0 amide bonds. The van der Waals surface area contributed by atoms with Crippen LogP contribution in [0.1, 0.15) is 18.2 Å². The monoisotopic (exact) mass is 354 g/mol. The largest absolute Gasteiger partial charge is 0.317 e. The second kappa shape index (κ2) is 8.27. The molecule has 1 heterocycles. The average molecular weight is 355 g/mol. The number of rotatable bonds is 9. The van der Waals surface area contributed by atoms with Crippen LogP contribution >= 0.6 is 27.3 Å². The van der Waals surface area contributed by atoms with Crippen molar-refractivity contribution in [1.29, 1.82) is 0 Å². The summed E-state index contributed by atoms with van der Waals surface area (Å²) in [5.41, 5.74) is 0. The lowest BCUT2D eigenvalue weighted by Crippen LogP contribution is -2.29. The van der Waals surface area contributed by atoms with E-state index in [1.54, 1.807) is 11.3 Å². The Morgan fingerprint density at radius 3 is 2.72 bits per heavy atom. The maximum atomic E-state index is 11.6. The molecule has 2 N–H and O–H groups in total. The van der Waals surface area contributed by atoms with Gasteiger partial charge in [0.2, 0.25) is 10.0 Å². The molecule has 0 radical (unpaired) electrons. The van der Waals surface area contributed by atoms with Crippen LogP contribution in [0.25, 0.3) is 0 Å². The minimum Gasteiger partial charge on any atom is -0.317 e. The maximum absolute atomic E-state index is 11.6. The molecule has 0 atom stereocenters. The van der Waals surface area contributed by atoms with Crippen LogP contribution in [0.15, 0.2) is 15.9 Å². The van der Waals surface area contributed by atoms with Crippen molar-refractivity contribution < 1.29 is 8.42 Å². The topological polar surface area (TPSA) is 58.2 Å². The van der Waals surface area contributed by atoms with Crippen molar-refractivity contribution >= 4 is 37.3 Å². The Bertz CT molecular complexity index is 446. The van der Waals surface area contributed by atoms with E-state index in [-0.39, 0.29) is 5.75 Å². The fraction of sp³-hybridized carbons (Fsp3) is 0.636. The average Bonchev–Trinajstić information content (AvgIpc) is 2.70. The van der Waals surface area contributed by atoms with Gasteiger partial charge in [0, 0.05) is 11.4 Å². The van der Waals surface area contributed by atoms with Crippen molar-refractivity contribution in [2.45, 2.75) is 19.8 Å². The highest BCUT2D eigenvalue weighted by atomic mass is 79.9.